The minimum atomic E-state index is -3.04. The molecule has 4 heterocycles. The number of hydrogen-bond acceptors (Lipinski definition) is 7. The van der Waals surface area contributed by atoms with Crippen LogP contribution in [0.2, 0.25) is 5.02 Å². The average molecular weight is 475 g/mol. The summed E-state index contributed by atoms with van der Waals surface area (Å²) in [6, 6.07) is 12.4. The molecule has 0 unspecified atom stereocenters. The average Bonchev–Trinajstić information content (AvgIpc) is 3.22. The number of sulfone groups is 1. The number of halogens is 1. The second kappa shape index (κ2) is 7.65. The molecule has 1 fully saturated rings. The molecule has 0 saturated carbocycles. The summed E-state index contributed by atoms with van der Waals surface area (Å²) in [4.78, 5) is 23.9. The SMILES string of the molecule is Cc1ccc(N(Cc2cc(=O)n3ccccc3n2)C2=N[C@H]3CS(=O)(=O)C[C@@H]3S2)cc1Cl. The Hall–Kier alpha value is -2.36. The van der Waals surface area contributed by atoms with Crippen LogP contribution in [-0.2, 0) is 16.4 Å². The number of rotatable bonds is 3. The fourth-order valence-corrected chi connectivity index (χ4v) is 7.79. The molecule has 2 atom stereocenters. The van der Waals surface area contributed by atoms with Gasteiger partial charge >= 0.3 is 0 Å². The maximum atomic E-state index is 12.5. The molecule has 31 heavy (non-hydrogen) atoms. The minimum absolute atomic E-state index is 0.0756. The van der Waals surface area contributed by atoms with Crippen LogP contribution < -0.4 is 10.5 Å². The molecule has 0 radical (unpaired) electrons. The summed E-state index contributed by atoms with van der Waals surface area (Å²) in [5.41, 5.74) is 2.78. The molecule has 5 rings (SSSR count). The second-order valence-corrected chi connectivity index (χ2v) is 11.5. The second-order valence-electron chi connectivity index (χ2n) is 7.75. The van der Waals surface area contributed by atoms with Crippen molar-refractivity contribution in [1.29, 1.82) is 0 Å². The van der Waals surface area contributed by atoms with E-state index in [0.29, 0.717) is 22.9 Å². The van der Waals surface area contributed by atoms with E-state index in [4.69, 9.17) is 16.6 Å². The number of thioether (sulfide) groups is 1. The van der Waals surface area contributed by atoms with Crippen LogP contribution in [0.1, 0.15) is 11.3 Å². The molecule has 10 heteroatoms. The van der Waals surface area contributed by atoms with Gasteiger partial charge in [-0.15, -0.1) is 0 Å². The van der Waals surface area contributed by atoms with Crippen molar-refractivity contribution in [2.24, 2.45) is 4.99 Å². The Morgan fingerprint density at radius 3 is 2.84 bits per heavy atom. The van der Waals surface area contributed by atoms with Gasteiger partial charge in [-0.25, -0.2) is 13.4 Å². The molecule has 2 aromatic heterocycles. The van der Waals surface area contributed by atoms with Gasteiger partial charge in [-0.1, -0.05) is 35.5 Å². The predicted octanol–water partition coefficient (Wildman–Crippen LogP) is 2.93. The van der Waals surface area contributed by atoms with Gasteiger partial charge in [0.05, 0.1) is 29.8 Å². The molecule has 3 aromatic rings. The highest BCUT2D eigenvalue weighted by atomic mass is 35.5. The Kier molecular flexibility index (Phi) is 5.07. The molecule has 0 spiro atoms. The van der Waals surface area contributed by atoms with E-state index in [9.17, 15) is 13.2 Å². The van der Waals surface area contributed by atoms with E-state index < -0.39 is 9.84 Å². The van der Waals surface area contributed by atoms with Crippen LogP contribution in [0.5, 0.6) is 0 Å². The van der Waals surface area contributed by atoms with Crippen LogP contribution in [-0.4, -0.2) is 45.8 Å². The molecule has 0 N–H and O–H groups in total. The van der Waals surface area contributed by atoms with Crippen molar-refractivity contribution >= 4 is 49.7 Å². The third-order valence-corrected chi connectivity index (χ3v) is 9.10. The van der Waals surface area contributed by atoms with E-state index in [1.165, 1.54) is 22.2 Å². The third kappa shape index (κ3) is 3.97. The Morgan fingerprint density at radius 2 is 2.06 bits per heavy atom. The van der Waals surface area contributed by atoms with Crippen molar-refractivity contribution < 1.29 is 8.42 Å². The summed E-state index contributed by atoms with van der Waals surface area (Å²) in [6.07, 6.45) is 1.69. The summed E-state index contributed by atoms with van der Waals surface area (Å²) in [6.45, 7) is 2.25. The van der Waals surface area contributed by atoms with Crippen LogP contribution in [0.15, 0.2) is 58.4 Å². The lowest BCUT2D eigenvalue weighted by atomic mass is 10.2. The fourth-order valence-electron chi connectivity index (χ4n) is 3.84. The monoisotopic (exact) mass is 474 g/mol. The lowest BCUT2D eigenvalue weighted by Crippen LogP contribution is -2.29. The number of aryl methyl sites for hydroxylation is 1. The van der Waals surface area contributed by atoms with Gasteiger partial charge in [0.25, 0.3) is 5.56 Å². The van der Waals surface area contributed by atoms with Gasteiger partial charge in [0.15, 0.2) is 15.0 Å². The predicted molar refractivity (Wildman–Crippen MR) is 125 cm³/mol. The number of nitrogens with zero attached hydrogens (tertiary/aromatic N) is 4. The van der Waals surface area contributed by atoms with Gasteiger partial charge in [-0.3, -0.25) is 14.2 Å². The Labute approximate surface area is 188 Å². The highest BCUT2D eigenvalue weighted by Crippen LogP contribution is 2.38. The molecule has 7 nitrogen and oxygen atoms in total. The quantitative estimate of drug-likeness (QED) is 0.580. The topological polar surface area (TPSA) is 84.1 Å². The number of amidine groups is 1. The standard InChI is InChI=1S/C21H19ClN4O3S2/c1-13-5-6-15(9-16(13)22)26(21-24-17-11-31(28,29)12-18(17)30-21)10-14-8-20(27)25-7-3-2-4-19(25)23-14/h2-9,17-18H,10-12H2,1H3/t17-,18-/m0/s1. The highest BCUT2D eigenvalue weighted by molar-refractivity contribution is 8.15. The number of aromatic nitrogens is 2. The van der Waals surface area contributed by atoms with Crippen LogP contribution in [0, 0.1) is 6.92 Å². The smallest absolute Gasteiger partial charge is 0.258 e. The van der Waals surface area contributed by atoms with E-state index in [1.807, 2.05) is 36.1 Å². The largest absolute Gasteiger partial charge is 0.315 e. The summed E-state index contributed by atoms with van der Waals surface area (Å²) in [5, 5.41) is 1.26. The molecule has 1 aromatic carbocycles. The summed E-state index contributed by atoms with van der Waals surface area (Å²) in [7, 11) is -3.04. The van der Waals surface area contributed by atoms with Crippen molar-refractivity contribution in [1.82, 2.24) is 9.38 Å². The molecule has 2 aliphatic rings. The summed E-state index contributed by atoms with van der Waals surface area (Å²) < 4.78 is 25.4. The minimum Gasteiger partial charge on any atom is -0.315 e. The van der Waals surface area contributed by atoms with Gasteiger partial charge in [-0.05, 0) is 36.8 Å². The lowest BCUT2D eigenvalue weighted by Gasteiger charge is -2.25. The van der Waals surface area contributed by atoms with Crippen molar-refractivity contribution in [2.45, 2.75) is 24.8 Å². The van der Waals surface area contributed by atoms with E-state index >= 15 is 0 Å². The van der Waals surface area contributed by atoms with Crippen LogP contribution in [0.3, 0.4) is 0 Å². The zero-order valence-electron chi connectivity index (χ0n) is 16.6. The molecule has 1 saturated heterocycles. The van der Waals surface area contributed by atoms with E-state index in [0.717, 1.165) is 16.4 Å². The molecule has 0 aliphatic carbocycles. The maximum Gasteiger partial charge on any atom is 0.258 e. The van der Waals surface area contributed by atoms with Gasteiger partial charge in [0, 0.05) is 28.2 Å². The first-order chi connectivity index (χ1) is 14.8. The molecular formula is C21H19ClN4O3S2. The lowest BCUT2D eigenvalue weighted by molar-refractivity contribution is 0.601. The van der Waals surface area contributed by atoms with Crippen LogP contribution in [0.25, 0.3) is 5.65 Å². The number of aliphatic imine (C=N–C) groups is 1. The fraction of sp³-hybridized carbons (Fsp3) is 0.286. The first-order valence-electron chi connectivity index (χ1n) is 9.75. The third-order valence-electron chi connectivity index (χ3n) is 5.45. The first-order valence-corrected chi connectivity index (χ1v) is 12.8. The maximum absolute atomic E-state index is 12.5. The number of pyridine rings is 1. The zero-order valence-corrected chi connectivity index (χ0v) is 19.0. The van der Waals surface area contributed by atoms with Crippen molar-refractivity contribution in [2.75, 3.05) is 16.4 Å². The van der Waals surface area contributed by atoms with E-state index in [2.05, 4.69) is 4.98 Å². The van der Waals surface area contributed by atoms with Gasteiger partial charge < -0.3 is 4.90 Å². The highest BCUT2D eigenvalue weighted by Gasteiger charge is 2.44. The molecule has 0 amide bonds. The first kappa shape index (κ1) is 20.5. The van der Waals surface area contributed by atoms with Gasteiger partial charge in [0.2, 0.25) is 0 Å². The van der Waals surface area contributed by atoms with Gasteiger partial charge in [0.1, 0.15) is 5.65 Å². The Balaban J connectivity index is 1.55. The molecule has 160 valence electrons. The summed E-state index contributed by atoms with van der Waals surface area (Å²) >= 11 is 7.85. The van der Waals surface area contributed by atoms with Crippen molar-refractivity contribution in [3.63, 3.8) is 0 Å². The Bertz CT molecular complexity index is 1390. The van der Waals surface area contributed by atoms with Crippen molar-refractivity contribution in [3.8, 4) is 0 Å². The van der Waals surface area contributed by atoms with E-state index in [-0.39, 0.29) is 28.4 Å². The normalized spacial score (nSPS) is 21.8. The van der Waals surface area contributed by atoms with Gasteiger partial charge in [-0.2, -0.15) is 0 Å². The molecular weight excluding hydrogens is 456 g/mol. The number of hydrogen-bond donors (Lipinski definition) is 0. The van der Waals surface area contributed by atoms with Crippen molar-refractivity contribution in [3.05, 3.63) is 75.3 Å². The van der Waals surface area contributed by atoms with Crippen LogP contribution in [0.4, 0.5) is 5.69 Å². The number of anilines is 1. The molecule has 0 bridgehead atoms. The zero-order chi connectivity index (χ0) is 21.8. The van der Waals surface area contributed by atoms with E-state index in [1.54, 1.807) is 18.3 Å². The Morgan fingerprint density at radius 1 is 1.23 bits per heavy atom. The number of fused-ring (bicyclic) bond motifs is 2. The van der Waals surface area contributed by atoms with Crippen LogP contribution >= 0.6 is 23.4 Å². The summed E-state index contributed by atoms with van der Waals surface area (Å²) in [5.74, 6) is 0.208. The number of benzene rings is 1. The molecule has 2 aliphatic heterocycles.